The topological polar surface area (TPSA) is 110 Å². The summed E-state index contributed by atoms with van der Waals surface area (Å²) in [7, 11) is -0.895. The van der Waals surface area contributed by atoms with Crippen LogP contribution in [-0.4, -0.2) is 41.2 Å². The highest BCUT2D eigenvalue weighted by atomic mass is 32.3. The van der Waals surface area contributed by atoms with Crippen LogP contribution in [0.5, 0.6) is 11.5 Å². The number of nitrogens with zero attached hydrogens (tertiary/aromatic N) is 3. The Bertz CT molecular complexity index is 1110. The van der Waals surface area contributed by atoms with E-state index in [1.165, 1.54) is 28.8 Å². The zero-order valence-corrected chi connectivity index (χ0v) is 16.5. The minimum atomic E-state index is -2.46. The monoisotopic (exact) mass is 420 g/mol. The molecule has 1 saturated heterocycles. The standard InChI is InChI=1S/C19H21FN4O4S/c1-24-17-12(10-16(18(24)25)28-15-5-3-2-4-14(15)20)11-21-19(23-17)22-13-6-8-29(26,27)9-7-13/h2-5,10-11,13,26-27H,6-9H2,1H3,(H,21,22,23). The number of aryl methyl sites for hydroxylation is 1. The maximum absolute atomic E-state index is 13.8. The van der Waals surface area contributed by atoms with Crippen molar-refractivity contribution >= 4 is 27.6 Å². The first kappa shape index (κ1) is 19.6. The number of rotatable bonds is 4. The summed E-state index contributed by atoms with van der Waals surface area (Å²) in [5.41, 5.74) is -0.0366. The first-order valence-electron chi connectivity index (χ1n) is 9.12. The van der Waals surface area contributed by atoms with Crippen molar-refractivity contribution in [3.05, 3.63) is 52.7 Å². The molecule has 0 aliphatic carbocycles. The number of anilines is 1. The summed E-state index contributed by atoms with van der Waals surface area (Å²) in [6.45, 7) is 0. The zero-order chi connectivity index (χ0) is 20.6. The average Bonchev–Trinajstić information content (AvgIpc) is 2.69. The van der Waals surface area contributed by atoms with Gasteiger partial charge in [-0.3, -0.25) is 18.5 Å². The molecule has 1 aromatic carbocycles. The van der Waals surface area contributed by atoms with E-state index < -0.39 is 22.0 Å². The Morgan fingerprint density at radius 1 is 1.24 bits per heavy atom. The largest absolute Gasteiger partial charge is 0.448 e. The van der Waals surface area contributed by atoms with Crippen LogP contribution < -0.4 is 15.6 Å². The number of nitrogens with one attached hydrogen (secondary N) is 1. The van der Waals surface area contributed by atoms with Gasteiger partial charge in [-0.15, -0.1) is 0 Å². The predicted molar refractivity (Wildman–Crippen MR) is 110 cm³/mol. The number of hydrogen-bond acceptors (Lipinski definition) is 7. The molecule has 0 atom stereocenters. The Kier molecular flexibility index (Phi) is 5.15. The van der Waals surface area contributed by atoms with Crippen LogP contribution in [0.25, 0.3) is 11.0 Å². The molecule has 3 N–H and O–H groups in total. The normalized spacial score (nSPS) is 17.8. The molecule has 0 unspecified atom stereocenters. The predicted octanol–water partition coefficient (Wildman–Crippen LogP) is 3.58. The molecule has 0 radical (unpaired) electrons. The summed E-state index contributed by atoms with van der Waals surface area (Å²) in [4.78, 5) is 21.4. The fraction of sp³-hybridized carbons (Fsp3) is 0.316. The third-order valence-corrected chi connectivity index (χ3v) is 6.67. The van der Waals surface area contributed by atoms with E-state index in [4.69, 9.17) is 4.74 Å². The minimum Gasteiger partial charge on any atom is -0.448 e. The van der Waals surface area contributed by atoms with Crippen molar-refractivity contribution in [1.82, 2.24) is 14.5 Å². The van der Waals surface area contributed by atoms with E-state index in [-0.39, 0.29) is 17.5 Å². The number of aromatic nitrogens is 3. The van der Waals surface area contributed by atoms with Crippen molar-refractivity contribution in [2.75, 3.05) is 16.8 Å². The van der Waals surface area contributed by atoms with Gasteiger partial charge in [0.05, 0.1) is 0 Å². The molecule has 3 aromatic rings. The third-order valence-electron chi connectivity index (χ3n) is 4.89. The minimum absolute atomic E-state index is 0.0214. The van der Waals surface area contributed by atoms with Gasteiger partial charge in [-0.05, 0) is 31.0 Å². The Morgan fingerprint density at radius 3 is 2.69 bits per heavy atom. The molecule has 154 valence electrons. The summed E-state index contributed by atoms with van der Waals surface area (Å²) < 4.78 is 40.1. The lowest BCUT2D eigenvalue weighted by molar-refractivity contribution is 0.434. The number of hydrogen-bond donors (Lipinski definition) is 3. The fourth-order valence-corrected chi connectivity index (χ4v) is 4.77. The molecule has 0 spiro atoms. The summed E-state index contributed by atoms with van der Waals surface area (Å²) in [6.07, 6.45) is 2.78. The van der Waals surface area contributed by atoms with Crippen molar-refractivity contribution in [2.45, 2.75) is 18.9 Å². The first-order chi connectivity index (χ1) is 13.8. The highest BCUT2D eigenvalue weighted by Gasteiger charge is 2.24. The van der Waals surface area contributed by atoms with Crippen molar-refractivity contribution in [3.63, 3.8) is 0 Å². The van der Waals surface area contributed by atoms with Crippen LogP contribution in [0.4, 0.5) is 10.3 Å². The second-order valence-corrected chi connectivity index (χ2v) is 9.43. The second kappa shape index (κ2) is 7.62. The molecule has 10 heteroatoms. The number of benzene rings is 1. The molecule has 1 fully saturated rings. The van der Waals surface area contributed by atoms with Gasteiger partial charge in [-0.2, -0.15) is 15.6 Å². The number of ether oxygens (including phenoxy) is 1. The van der Waals surface area contributed by atoms with E-state index in [0.29, 0.717) is 41.3 Å². The van der Waals surface area contributed by atoms with Crippen LogP contribution >= 0.6 is 10.6 Å². The molecule has 1 aliphatic rings. The van der Waals surface area contributed by atoms with E-state index >= 15 is 0 Å². The van der Waals surface area contributed by atoms with E-state index in [2.05, 4.69) is 15.3 Å². The quantitative estimate of drug-likeness (QED) is 0.592. The van der Waals surface area contributed by atoms with Gasteiger partial charge in [-0.1, -0.05) is 12.1 Å². The smallest absolute Gasteiger partial charge is 0.294 e. The van der Waals surface area contributed by atoms with Crippen LogP contribution in [0.3, 0.4) is 0 Å². The van der Waals surface area contributed by atoms with E-state index in [1.807, 2.05) is 0 Å². The third kappa shape index (κ3) is 4.19. The van der Waals surface area contributed by atoms with Crippen molar-refractivity contribution in [2.24, 2.45) is 7.05 Å². The molecule has 2 aromatic heterocycles. The Balaban J connectivity index is 1.60. The second-order valence-electron chi connectivity index (χ2n) is 7.01. The van der Waals surface area contributed by atoms with Gasteiger partial charge in [0.1, 0.15) is 5.65 Å². The molecule has 8 nitrogen and oxygen atoms in total. The molecule has 3 heterocycles. The number of halogens is 1. The maximum Gasteiger partial charge on any atom is 0.294 e. The SMILES string of the molecule is Cn1c(=O)c(Oc2ccccc2F)cc2cnc(NC3CCS(O)(O)CC3)nc21. The van der Waals surface area contributed by atoms with Crippen LogP contribution in [0.15, 0.2) is 41.3 Å². The van der Waals surface area contributed by atoms with E-state index in [1.54, 1.807) is 19.3 Å². The molecule has 29 heavy (non-hydrogen) atoms. The Morgan fingerprint density at radius 2 is 1.97 bits per heavy atom. The van der Waals surface area contributed by atoms with Gasteiger partial charge in [0.2, 0.25) is 5.95 Å². The first-order valence-corrected chi connectivity index (χ1v) is 11.0. The van der Waals surface area contributed by atoms with Crippen molar-refractivity contribution in [1.29, 1.82) is 0 Å². The lowest BCUT2D eigenvalue weighted by atomic mass is 10.2. The highest BCUT2D eigenvalue weighted by molar-refractivity contribution is 8.24. The Hall–Kier alpha value is -2.69. The van der Waals surface area contributed by atoms with E-state index in [0.717, 1.165) is 0 Å². The van der Waals surface area contributed by atoms with E-state index in [9.17, 15) is 18.3 Å². The van der Waals surface area contributed by atoms with Crippen LogP contribution in [0.2, 0.25) is 0 Å². The molecular formula is C19H21FN4O4S. The summed E-state index contributed by atoms with van der Waals surface area (Å²) >= 11 is 0. The molecule has 1 aliphatic heterocycles. The van der Waals surface area contributed by atoms with Gasteiger partial charge < -0.3 is 10.1 Å². The lowest BCUT2D eigenvalue weighted by Crippen LogP contribution is -2.31. The van der Waals surface area contributed by atoms with Crippen LogP contribution in [0, 0.1) is 5.82 Å². The van der Waals surface area contributed by atoms with Gasteiger partial charge in [-0.25, -0.2) is 9.37 Å². The van der Waals surface area contributed by atoms with Gasteiger partial charge in [0.15, 0.2) is 17.3 Å². The van der Waals surface area contributed by atoms with Crippen molar-refractivity contribution in [3.8, 4) is 11.5 Å². The highest BCUT2D eigenvalue weighted by Crippen LogP contribution is 2.44. The van der Waals surface area contributed by atoms with Gasteiger partial charge >= 0.3 is 0 Å². The maximum atomic E-state index is 13.8. The lowest BCUT2D eigenvalue weighted by Gasteiger charge is -2.39. The zero-order valence-electron chi connectivity index (χ0n) is 15.7. The molecule has 0 amide bonds. The Labute approximate surface area is 167 Å². The number of fused-ring (bicyclic) bond motifs is 1. The molecule has 4 rings (SSSR count). The molecule has 0 bridgehead atoms. The number of pyridine rings is 1. The van der Waals surface area contributed by atoms with Gasteiger partial charge in [0, 0.05) is 36.2 Å². The van der Waals surface area contributed by atoms with Crippen LogP contribution in [-0.2, 0) is 7.05 Å². The summed E-state index contributed by atoms with van der Waals surface area (Å²) in [5, 5.41) is 3.76. The van der Waals surface area contributed by atoms with Gasteiger partial charge in [0.25, 0.3) is 5.56 Å². The van der Waals surface area contributed by atoms with Crippen LogP contribution in [0.1, 0.15) is 12.8 Å². The number of para-hydroxylation sites is 1. The summed E-state index contributed by atoms with van der Waals surface area (Å²) in [5.74, 6) is 0.451. The molecule has 0 saturated carbocycles. The van der Waals surface area contributed by atoms with Crippen molar-refractivity contribution < 1.29 is 18.2 Å². The summed E-state index contributed by atoms with van der Waals surface area (Å²) in [6, 6.07) is 7.39. The molecular weight excluding hydrogens is 399 g/mol. The fourth-order valence-electron chi connectivity index (χ4n) is 3.24. The average molecular weight is 420 g/mol.